The predicted molar refractivity (Wildman–Crippen MR) is 113 cm³/mol. The standard InChI is InChI=1S/C23H31NO8/c1-14(2)31-20(27)23(21(28)32-15(3)4)22(5,29)13-18(25)24(23)17(19(26)30-6)12-16-10-8-7-9-11-16/h7-11,14-15,17,29H,12-13H2,1-6H3/t17-,22?/m1/s1. The van der Waals surface area contributed by atoms with E-state index in [0.29, 0.717) is 5.56 Å². The van der Waals surface area contributed by atoms with E-state index in [9.17, 15) is 24.3 Å². The molecule has 32 heavy (non-hydrogen) atoms. The first kappa shape index (κ1) is 25.3. The fourth-order valence-corrected chi connectivity index (χ4v) is 3.93. The molecule has 0 bridgehead atoms. The number of aliphatic hydroxyl groups is 1. The van der Waals surface area contributed by atoms with E-state index in [2.05, 4.69) is 0 Å². The van der Waals surface area contributed by atoms with E-state index in [1.165, 1.54) is 6.92 Å². The van der Waals surface area contributed by atoms with Gasteiger partial charge < -0.3 is 24.2 Å². The zero-order chi connectivity index (χ0) is 24.3. The zero-order valence-electron chi connectivity index (χ0n) is 19.3. The second-order valence-corrected chi connectivity index (χ2v) is 8.56. The maximum atomic E-state index is 13.4. The number of hydrogen-bond acceptors (Lipinski definition) is 8. The average molecular weight is 450 g/mol. The van der Waals surface area contributed by atoms with Crippen LogP contribution in [0.5, 0.6) is 0 Å². The monoisotopic (exact) mass is 449 g/mol. The van der Waals surface area contributed by atoms with E-state index in [-0.39, 0.29) is 6.42 Å². The third-order valence-electron chi connectivity index (χ3n) is 5.24. The van der Waals surface area contributed by atoms with Crippen molar-refractivity contribution in [1.29, 1.82) is 0 Å². The largest absolute Gasteiger partial charge is 0.467 e. The van der Waals surface area contributed by atoms with Crippen LogP contribution in [0.1, 0.15) is 46.6 Å². The molecule has 1 heterocycles. The number of esters is 3. The fraction of sp³-hybridized carbons (Fsp3) is 0.565. The highest BCUT2D eigenvalue weighted by atomic mass is 16.6. The molecule has 9 nitrogen and oxygen atoms in total. The van der Waals surface area contributed by atoms with E-state index >= 15 is 0 Å². The Bertz CT molecular complexity index is 840. The number of likely N-dealkylation sites (tertiary alicyclic amines) is 1. The molecule has 0 aliphatic carbocycles. The van der Waals surface area contributed by atoms with E-state index < -0.39 is 59.6 Å². The number of ether oxygens (including phenoxy) is 3. The lowest BCUT2D eigenvalue weighted by atomic mass is 9.80. The summed E-state index contributed by atoms with van der Waals surface area (Å²) in [6.45, 7) is 7.45. The van der Waals surface area contributed by atoms with Gasteiger partial charge in [0.2, 0.25) is 5.91 Å². The van der Waals surface area contributed by atoms with Crippen molar-refractivity contribution in [1.82, 2.24) is 4.90 Å². The molecule has 2 atom stereocenters. The Morgan fingerprint density at radius 3 is 1.97 bits per heavy atom. The van der Waals surface area contributed by atoms with Crippen molar-refractivity contribution in [3.63, 3.8) is 0 Å². The number of nitrogens with zero attached hydrogens (tertiary/aromatic N) is 1. The molecule has 1 aromatic carbocycles. The molecule has 1 aromatic rings. The van der Waals surface area contributed by atoms with Crippen LogP contribution < -0.4 is 0 Å². The summed E-state index contributed by atoms with van der Waals surface area (Å²) in [6.07, 6.45) is -1.97. The molecule has 0 spiro atoms. The normalized spacial score (nSPS) is 20.9. The van der Waals surface area contributed by atoms with Gasteiger partial charge in [-0.05, 0) is 40.2 Å². The van der Waals surface area contributed by atoms with Gasteiger partial charge in [-0.3, -0.25) is 4.79 Å². The van der Waals surface area contributed by atoms with Crippen molar-refractivity contribution in [2.45, 2.75) is 76.9 Å². The highest BCUT2D eigenvalue weighted by Gasteiger charge is 2.73. The molecule has 1 fully saturated rings. The number of hydrogen-bond donors (Lipinski definition) is 1. The third kappa shape index (κ3) is 4.62. The molecular formula is C23H31NO8. The minimum Gasteiger partial charge on any atom is -0.467 e. The number of rotatable bonds is 8. The summed E-state index contributed by atoms with van der Waals surface area (Å²) in [5.41, 5.74) is -4.14. The van der Waals surface area contributed by atoms with Crippen LogP contribution >= 0.6 is 0 Å². The zero-order valence-corrected chi connectivity index (χ0v) is 19.3. The number of amides is 1. The summed E-state index contributed by atoms with van der Waals surface area (Å²) in [4.78, 5) is 53.6. The maximum Gasteiger partial charge on any atom is 0.347 e. The molecule has 1 unspecified atom stereocenters. The summed E-state index contributed by atoms with van der Waals surface area (Å²) in [5, 5.41) is 11.3. The topological polar surface area (TPSA) is 119 Å². The highest BCUT2D eigenvalue weighted by molar-refractivity contribution is 6.13. The SMILES string of the molecule is COC(=O)[C@@H](Cc1ccccc1)N1C(=O)CC(C)(O)C1(C(=O)OC(C)C)C(=O)OC(C)C. The van der Waals surface area contributed by atoms with Gasteiger partial charge in [0.1, 0.15) is 11.6 Å². The van der Waals surface area contributed by atoms with Crippen LogP contribution in [-0.4, -0.2) is 70.3 Å². The number of carbonyl (C=O) groups excluding carboxylic acids is 4. The summed E-state index contributed by atoms with van der Waals surface area (Å²) < 4.78 is 15.6. The second-order valence-electron chi connectivity index (χ2n) is 8.56. The van der Waals surface area contributed by atoms with Crippen molar-refractivity contribution in [2.24, 2.45) is 0 Å². The van der Waals surface area contributed by atoms with Crippen LogP contribution in [0.15, 0.2) is 30.3 Å². The lowest BCUT2D eigenvalue weighted by Gasteiger charge is -2.43. The third-order valence-corrected chi connectivity index (χ3v) is 5.24. The molecular weight excluding hydrogens is 418 g/mol. The van der Waals surface area contributed by atoms with Gasteiger partial charge in [-0.15, -0.1) is 0 Å². The first-order valence-electron chi connectivity index (χ1n) is 10.5. The Kier molecular flexibility index (Phi) is 7.66. The molecule has 1 aliphatic heterocycles. The van der Waals surface area contributed by atoms with Gasteiger partial charge in [0.15, 0.2) is 0 Å². The molecule has 1 aliphatic rings. The number of carbonyl (C=O) groups is 4. The van der Waals surface area contributed by atoms with Crippen LogP contribution in [0, 0.1) is 0 Å². The Balaban J connectivity index is 2.74. The van der Waals surface area contributed by atoms with Crippen molar-refractivity contribution < 1.29 is 38.5 Å². The van der Waals surface area contributed by atoms with Crippen molar-refractivity contribution in [3.05, 3.63) is 35.9 Å². The van der Waals surface area contributed by atoms with Gasteiger partial charge in [0.05, 0.1) is 25.7 Å². The minimum absolute atomic E-state index is 0.0546. The Hall–Kier alpha value is -2.94. The van der Waals surface area contributed by atoms with Crippen molar-refractivity contribution in [2.75, 3.05) is 7.11 Å². The average Bonchev–Trinajstić information content (AvgIpc) is 2.90. The number of methoxy groups -OCH3 is 1. The van der Waals surface area contributed by atoms with Gasteiger partial charge in [-0.2, -0.15) is 0 Å². The Labute approximate surface area is 187 Å². The quantitative estimate of drug-likeness (QED) is 0.359. The lowest BCUT2D eigenvalue weighted by Crippen LogP contribution is -2.71. The Morgan fingerprint density at radius 1 is 1.03 bits per heavy atom. The van der Waals surface area contributed by atoms with Crippen LogP contribution in [0.3, 0.4) is 0 Å². The molecule has 0 saturated carbocycles. The lowest BCUT2D eigenvalue weighted by molar-refractivity contribution is -0.196. The van der Waals surface area contributed by atoms with Gasteiger partial charge in [0, 0.05) is 6.42 Å². The van der Waals surface area contributed by atoms with Gasteiger partial charge >= 0.3 is 17.9 Å². The first-order chi connectivity index (χ1) is 14.9. The molecule has 9 heteroatoms. The van der Waals surface area contributed by atoms with Gasteiger partial charge in [-0.25, -0.2) is 14.4 Å². The van der Waals surface area contributed by atoms with E-state index in [4.69, 9.17) is 14.2 Å². The smallest absolute Gasteiger partial charge is 0.347 e. The van der Waals surface area contributed by atoms with E-state index in [0.717, 1.165) is 12.0 Å². The van der Waals surface area contributed by atoms with E-state index in [1.54, 1.807) is 58.0 Å². The van der Waals surface area contributed by atoms with Crippen LogP contribution in [0.2, 0.25) is 0 Å². The van der Waals surface area contributed by atoms with Gasteiger partial charge in [-0.1, -0.05) is 30.3 Å². The highest BCUT2D eigenvalue weighted by Crippen LogP contribution is 2.44. The van der Waals surface area contributed by atoms with E-state index in [1.807, 2.05) is 0 Å². The summed E-state index contributed by atoms with van der Waals surface area (Å²) in [6, 6.07) is 7.36. The fourth-order valence-electron chi connectivity index (χ4n) is 3.93. The van der Waals surface area contributed by atoms with Crippen LogP contribution in [0.25, 0.3) is 0 Å². The summed E-state index contributed by atoms with van der Waals surface area (Å²) >= 11 is 0. The van der Waals surface area contributed by atoms with Crippen LogP contribution in [-0.2, 0) is 39.8 Å². The minimum atomic E-state index is -2.59. The molecule has 2 rings (SSSR count). The van der Waals surface area contributed by atoms with Crippen LogP contribution in [0.4, 0.5) is 0 Å². The van der Waals surface area contributed by atoms with Gasteiger partial charge in [0.25, 0.3) is 5.54 Å². The Morgan fingerprint density at radius 2 is 1.53 bits per heavy atom. The summed E-state index contributed by atoms with van der Waals surface area (Å²) in [5.74, 6) is -3.96. The summed E-state index contributed by atoms with van der Waals surface area (Å²) in [7, 11) is 1.14. The molecule has 0 radical (unpaired) electrons. The number of benzene rings is 1. The molecule has 1 saturated heterocycles. The molecule has 176 valence electrons. The van der Waals surface area contributed by atoms with Crippen molar-refractivity contribution in [3.8, 4) is 0 Å². The first-order valence-corrected chi connectivity index (χ1v) is 10.5. The predicted octanol–water partition coefficient (Wildman–Crippen LogP) is 1.40. The molecule has 0 aromatic heterocycles. The molecule has 1 amide bonds. The maximum absolute atomic E-state index is 13.4. The van der Waals surface area contributed by atoms with Crippen molar-refractivity contribution >= 4 is 23.8 Å². The second kappa shape index (κ2) is 9.68. The molecule has 1 N–H and O–H groups in total.